The number of hydrogen-bond donors (Lipinski definition) is 1. The molecule has 1 heterocycles. The van der Waals surface area contributed by atoms with E-state index >= 15 is 0 Å². The Balaban J connectivity index is 2.77. The number of nitrogens with one attached hydrogen (secondary N) is 1. The van der Waals surface area contributed by atoms with Gasteiger partial charge in [-0.05, 0) is 20.3 Å². The first kappa shape index (κ1) is 15.8. The molecule has 0 aromatic heterocycles. The summed E-state index contributed by atoms with van der Waals surface area (Å²) >= 11 is 0. The SMILES string of the molecule is CCOC(=O)C(F)(F)C(=O)NC1(C)CCS(=O)(=O)C1. The third-order valence-electron chi connectivity index (χ3n) is 2.74. The number of amides is 1. The second kappa shape index (κ2) is 5.03. The van der Waals surface area contributed by atoms with E-state index in [-0.39, 0.29) is 18.8 Å². The van der Waals surface area contributed by atoms with Gasteiger partial charge in [0.05, 0.1) is 23.7 Å². The second-order valence-electron chi connectivity index (χ2n) is 4.65. The first-order valence-corrected chi connectivity index (χ1v) is 7.43. The van der Waals surface area contributed by atoms with Crippen molar-refractivity contribution in [1.82, 2.24) is 5.32 Å². The normalized spacial score (nSPS) is 25.9. The maximum atomic E-state index is 13.4. The van der Waals surface area contributed by atoms with Gasteiger partial charge in [-0.3, -0.25) is 4.79 Å². The van der Waals surface area contributed by atoms with Crippen molar-refractivity contribution in [2.75, 3.05) is 18.1 Å². The third kappa shape index (κ3) is 3.62. The summed E-state index contributed by atoms with van der Waals surface area (Å²) in [7, 11) is -3.35. The molecule has 0 saturated carbocycles. The van der Waals surface area contributed by atoms with Crippen LogP contribution in [0.15, 0.2) is 0 Å². The van der Waals surface area contributed by atoms with Crippen LogP contribution in [0.2, 0.25) is 0 Å². The fourth-order valence-electron chi connectivity index (χ4n) is 1.78. The van der Waals surface area contributed by atoms with E-state index in [9.17, 15) is 26.8 Å². The van der Waals surface area contributed by atoms with Crippen molar-refractivity contribution in [1.29, 1.82) is 0 Å². The fraction of sp³-hybridized carbons (Fsp3) is 0.800. The van der Waals surface area contributed by atoms with Crippen molar-refractivity contribution in [3.8, 4) is 0 Å². The van der Waals surface area contributed by atoms with E-state index in [0.29, 0.717) is 0 Å². The summed E-state index contributed by atoms with van der Waals surface area (Å²) in [4.78, 5) is 22.4. The minimum atomic E-state index is -4.33. The Hall–Kier alpha value is -1.25. The zero-order chi connectivity index (χ0) is 14.9. The molecule has 1 aliphatic heterocycles. The number of hydrogen-bond acceptors (Lipinski definition) is 5. The van der Waals surface area contributed by atoms with E-state index in [1.807, 2.05) is 5.32 Å². The molecule has 1 rings (SSSR count). The zero-order valence-electron chi connectivity index (χ0n) is 10.5. The van der Waals surface area contributed by atoms with Crippen LogP contribution in [-0.2, 0) is 24.2 Å². The van der Waals surface area contributed by atoms with Crippen molar-refractivity contribution in [3.05, 3.63) is 0 Å². The Morgan fingerprint density at radius 3 is 2.42 bits per heavy atom. The lowest BCUT2D eigenvalue weighted by molar-refractivity contribution is -0.178. The smallest absolute Gasteiger partial charge is 0.418 e. The number of halogens is 2. The van der Waals surface area contributed by atoms with Gasteiger partial charge in [-0.1, -0.05) is 0 Å². The Morgan fingerprint density at radius 1 is 1.42 bits per heavy atom. The molecule has 1 amide bonds. The summed E-state index contributed by atoms with van der Waals surface area (Å²) in [5.41, 5.74) is -1.29. The molecule has 19 heavy (non-hydrogen) atoms. The maximum Gasteiger partial charge on any atom is 0.418 e. The highest BCUT2D eigenvalue weighted by atomic mass is 32.2. The predicted octanol–water partition coefficient (Wildman–Crippen LogP) is -0.122. The number of esters is 1. The molecule has 0 spiro atoms. The molecule has 0 radical (unpaired) electrons. The van der Waals surface area contributed by atoms with Crippen molar-refractivity contribution >= 4 is 21.7 Å². The van der Waals surface area contributed by atoms with Gasteiger partial charge in [-0.25, -0.2) is 13.2 Å². The molecule has 0 aliphatic carbocycles. The van der Waals surface area contributed by atoms with Gasteiger partial charge in [0.1, 0.15) is 0 Å². The number of ether oxygens (including phenoxy) is 1. The van der Waals surface area contributed by atoms with E-state index in [1.165, 1.54) is 13.8 Å². The molecule has 0 aromatic carbocycles. The van der Waals surface area contributed by atoms with Gasteiger partial charge in [0, 0.05) is 0 Å². The van der Waals surface area contributed by atoms with E-state index in [1.54, 1.807) is 0 Å². The van der Waals surface area contributed by atoms with Gasteiger partial charge >= 0.3 is 17.8 Å². The number of rotatable bonds is 4. The van der Waals surface area contributed by atoms with E-state index in [2.05, 4.69) is 4.74 Å². The van der Waals surface area contributed by atoms with Crippen molar-refractivity contribution in [2.45, 2.75) is 31.7 Å². The van der Waals surface area contributed by atoms with Crippen LogP contribution in [-0.4, -0.2) is 49.9 Å². The van der Waals surface area contributed by atoms with Crippen LogP contribution >= 0.6 is 0 Å². The van der Waals surface area contributed by atoms with Crippen molar-refractivity contribution in [2.24, 2.45) is 0 Å². The van der Waals surface area contributed by atoms with Gasteiger partial charge < -0.3 is 10.1 Å². The van der Waals surface area contributed by atoms with Gasteiger partial charge in [-0.15, -0.1) is 0 Å². The quantitative estimate of drug-likeness (QED) is 0.577. The average Bonchev–Trinajstić information content (AvgIpc) is 2.52. The number of sulfone groups is 1. The molecule has 1 saturated heterocycles. The van der Waals surface area contributed by atoms with Crippen LogP contribution in [0, 0.1) is 0 Å². The molecule has 1 fully saturated rings. The highest BCUT2D eigenvalue weighted by molar-refractivity contribution is 7.91. The van der Waals surface area contributed by atoms with E-state index < -0.39 is 38.9 Å². The van der Waals surface area contributed by atoms with Crippen molar-refractivity contribution < 1.29 is 31.5 Å². The monoisotopic (exact) mass is 299 g/mol. The molecule has 0 bridgehead atoms. The average molecular weight is 299 g/mol. The first-order valence-electron chi connectivity index (χ1n) is 5.60. The molecule has 1 N–H and O–H groups in total. The predicted molar refractivity (Wildman–Crippen MR) is 61.4 cm³/mol. The lowest BCUT2D eigenvalue weighted by Crippen LogP contribution is -2.55. The van der Waals surface area contributed by atoms with Crippen LogP contribution in [0.5, 0.6) is 0 Å². The Kier molecular flexibility index (Phi) is 4.18. The van der Waals surface area contributed by atoms with E-state index in [4.69, 9.17) is 0 Å². The van der Waals surface area contributed by atoms with Gasteiger partial charge in [-0.2, -0.15) is 8.78 Å². The summed E-state index contributed by atoms with van der Waals surface area (Å²) in [5.74, 6) is -8.73. The van der Waals surface area contributed by atoms with Gasteiger partial charge in [0.25, 0.3) is 0 Å². The summed E-state index contributed by atoms with van der Waals surface area (Å²) in [6.45, 7) is 2.39. The lowest BCUT2D eigenvalue weighted by Gasteiger charge is -2.26. The molecule has 9 heteroatoms. The topological polar surface area (TPSA) is 89.5 Å². The van der Waals surface area contributed by atoms with E-state index in [0.717, 1.165) is 0 Å². The first-order chi connectivity index (χ1) is 8.52. The lowest BCUT2D eigenvalue weighted by atomic mass is 10.0. The van der Waals surface area contributed by atoms with Gasteiger partial charge in [0.2, 0.25) is 0 Å². The Morgan fingerprint density at radius 2 is 2.00 bits per heavy atom. The van der Waals surface area contributed by atoms with Gasteiger partial charge in [0.15, 0.2) is 9.84 Å². The minimum absolute atomic E-state index is 0.0278. The Labute approximate surface area is 109 Å². The molecular formula is C10H15F2NO5S. The largest absolute Gasteiger partial charge is 0.461 e. The summed E-state index contributed by atoms with van der Waals surface area (Å²) < 4.78 is 53.4. The number of carbonyl (C=O) groups is 2. The fourth-order valence-corrected chi connectivity index (χ4v) is 3.87. The maximum absolute atomic E-state index is 13.4. The molecule has 0 aromatic rings. The van der Waals surface area contributed by atoms with Crippen LogP contribution in [0.1, 0.15) is 20.3 Å². The molecule has 1 atom stereocenters. The number of carbonyl (C=O) groups excluding carboxylic acids is 2. The van der Waals surface area contributed by atoms with Crippen LogP contribution < -0.4 is 5.32 Å². The molecular weight excluding hydrogens is 284 g/mol. The third-order valence-corrected chi connectivity index (χ3v) is 4.64. The second-order valence-corrected chi connectivity index (χ2v) is 6.84. The number of alkyl halides is 2. The van der Waals surface area contributed by atoms with Crippen molar-refractivity contribution in [3.63, 3.8) is 0 Å². The molecule has 1 unspecified atom stereocenters. The van der Waals surface area contributed by atoms with Crippen LogP contribution in [0.25, 0.3) is 0 Å². The molecule has 1 aliphatic rings. The Bertz CT molecular complexity index is 490. The summed E-state index contributed by atoms with van der Waals surface area (Å²) in [5, 5.41) is 1.92. The van der Waals surface area contributed by atoms with Crippen LogP contribution in [0.3, 0.4) is 0 Å². The highest BCUT2D eigenvalue weighted by Crippen LogP contribution is 2.25. The molecule has 110 valence electrons. The summed E-state index contributed by atoms with van der Waals surface area (Å²) in [6, 6.07) is 0. The van der Waals surface area contributed by atoms with Crippen LogP contribution in [0.4, 0.5) is 8.78 Å². The molecule has 6 nitrogen and oxygen atoms in total. The summed E-state index contributed by atoms with van der Waals surface area (Å²) in [6.07, 6.45) is 0.0278. The minimum Gasteiger partial charge on any atom is -0.461 e. The highest BCUT2D eigenvalue weighted by Gasteiger charge is 2.52. The standard InChI is InChI=1S/C10H15F2NO5S/c1-3-18-8(15)10(11,12)7(14)13-9(2)4-5-19(16,17)6-9/h3-6H2,1-2H3,(H,13,14). The zero-order valence-corrected chi connectivity index (χ0v) is 11.4.